The van der Waals surface area contributed by atoms with Gasteiger partial charge in [0.2, 0.25) is 53.7 Å². The fourth-order valence-corrected chi connectivity index (χ4v) is 7.91. The van der Waals surface area contributed by atoms with Crippen LogP contribution in [0.5, 0.6) is 0 Å². The van der Waals surface area contributed by atoms with Crippen LogP contribution in [0.1, 0.15) is 69.6 Å². The first-order valence-corrected chi connectivity index (χ1v) is 29.3. The smallest absolute Gasteiger partial charge is 0.406 e. The maximum atomic E-state index is 12.4. The van der Waals surface area contributed by atoms with E-state index in [1.807, 2.05) is 61.5 Å². The van der Waals surface area contributed by atoms with Crippen LogP contribution >= 0.6 is 0 Å². The third kappa shape index (κ3) is 31.2. The molecule has 502 valence electrons. The molecule has 0 atom stereocenters. The van der Waals surface area contributed by atoms with Gasteiger partial charge in [-0.2, -0.15) is 0 Å². The first-order chi connectivity index (χ1) is 42.7. The van der Waals surface area contributed by atoms with E-state index in [9.17, 15) is 62.3 Å². The lowest BCUT2D eigenvalue weighted by atomic mass is 9.98. The van der Waals surface area contributed by atoms with Gasteiger partial charge in [0.15, 0.2) is 0 Å². The van der Waals surface area contributed by atoms with Gasteiger partial charge in [-0.15, -0.1) is 0 Å². The standard InChI is InChI=1S/C19H36N6O5.C18H31N3O6.C16H15NO2.C11H13NO3/c1-9-21(4)16(27)11-23(6)18(29)13-25(8)19(30)14-24(7)17(28)12-22(5)15(26)10-20(2)3;1-18(2,3)27-17(26)9-7-8-14(23)20(5)13-16(25)21(6)12-15(24)19(4)10-11-22;1-17-16(18)19-10-15-13-8-4-2-6-11(13)12-7-3-5-9-14(12)15;1-12(9-13)7-11(14)15-8-10-5-3-2-4-6-10/h9-14H2,1-8H3;11H,7-10,12-13H2,1-6H3;2-9,15H,10H2,1H3,(H,17,18);2-6,9H,7-8H2,1H3. The molecule has 0 heterocycles. The van der Waals surface area contributed by atoms with Gasteiger partial charge in [0, 0.05) is 95.8 Å². The Hall–Kier alpha value is -9.27. The van der Waals surface area contributed by atoms with Gasteiger partial charge < -0.3 is 73.3 Å². The molecule has 3 aromatic rings. The van der Waals surface area contributed by atoms with E-state index in [1.165, 1.54) is 123 Å². The van der Waals surface area contributed by atoms with E-state index < -0.39 is 23.4 Å². The molecule has 0 saturated carbocycles. The second-order valence-corrected chi connectivity index (χ2v) is 22.8. The van der Waals surface area contributed by atoms with Crippen molar-refractivity contribution in [1.82, 2.24) is 54.3 Å². The number of amides is 10. The molecule has 0 aliphatic heterocycles. The van der Waals surface area contributed by atoms with Crippen LogP contribution in [0.4, 0.5) is 4.79 Å². The Morgan fingerprint density at radius 2 is 0.868 bits per heavy atom. The van der Waals surface area contributed by atoms with Crippen molar-refractivity contribution in [2.45, 2.75) is 65.1 Å². The van der Waals surface area contributed by atoms with Crippen molar-refractivity contribution in [2.24, 2.45) is 0 Å². The number of rotatable bonds is 28. The number of esters is 2. The highest BCUT2D eigenvalue weighted by molar-refractivity contribution is 5.92. The number of nitrogens with one attached hydrogen (secondary N) is 1. The summed E-state index contributed by atoms with van der Waals surface area (Å²) in [6.45, 7) is 7.42. The van der Waals surface area contributed by atoms with Gasteiger partial charge in [0.05, 0.1) is 52.4 Å². The van der Waals surface area contributed by atoms with Gasteiger partial charge in [-0.25, -0.2) is 4.79 Å². The number of carbonyl (C=O) groups is 13. The number of benzene rings is 3. The normalized spacial score (nSPS) is 10.8. The molecular formula is C64H95N11O16. The van der Waals surface area contributed by atoms with Gasteiger partial charge in [-0.3, -0.25) is 52.7 Å². The Balaban J connectivity index is 0.000000624. The Kier molecular flexibility index (Phi) is 36.0. The van der Waals surface area contributed by atoms with Crippen LogP contribution in [0.2, 0.25) is 0 Å². The predicted octanol–water partition coefficient (Wildman–Crippen LogP) is 1.91. The lowest BCUT2D eigenvalue weighted by Gasteiger charge is -2.26. The minimum absolute atomic E-state index is 0.0175. The lowest BCUT2D eigenvalue weighted by molar-refractivity contribution is -0.155. The molecule has 10 amide bonds. The number of fused-ring (bicyclic) bond motifs is 3. The molecule has 0 spiro atoms. The number of nitrogens with zero attached hydrogens (tertiary/aromatic N) is 10. The van der Waals surface area contributed by atoms with Crippen LogP contribution in [0.15, 0.2) is 78.9 Å². The second-order valence-electron chi connectivity index (χ2n) is 22.8. The Labute approximate surface area is 535 Å². The predicted molar refractivity (Wildman–Crippen MR) is 340 cm³/mol. The van der Waals surface area contributed by atoms with E-state index in [4.69, 9.17) is 14.2 Å². The first-order valence-electron chi connectivity index (χ1n) is 29.3. The minimum Gasteiger partial charge on any atom is -0.460 e. The van der Waals surface area contributed by atoms with Crippen molar-refractivity contribution in [1.29, 1.82) is 0 Å². The molecule has 27 nitrogen and oxygen atoms in total. The molecular weight excluding hydrogens is 1180 g/mol. The summed E-state index contributed by atoms with van der Waals surface area (Å²) in [4.78, 5) is 165. The van der Waals surface area contributed by atoms with Crippen molar-refractivity contribution in [2.75, 3.05) is 157 Å². The van der Waals surface area contributed by atoms with Gasteiger partial charge in [-0.05, 0) is 76.0 Å². The largest absolute Gasteiger partial charge is 0.460 e. The second kappa shape index (κ2) is 41.1. The average Bonchev–Trinajstić information content (AvgIpc) is 1.62. The summed E-state index contributed by atoms with van der Waals surface area (Å²) in [7, 11) is 18.6. The number of ether oxygens (including phenoxy) is 3. The third-order valence-corrected chi connectivity index (χ3v) is 13.5. The van der Waals surface area contributed by atoms with Crippen LogP contribution in [0.3, 0.4) is 0 Å². The monoisotopic (exact) mass is 1270 g/mol. The molecule has 0 fully saturated rings. The SMILES string of the molecule is CCN(C)C(=O)CN(C)C(=O)CN(C)C(=O)CN(C)C(=O)CN(C)C(=O)CN(C)C.CN(C=O)CC(=O)OCc1ccccc1.CN(CC=O)C(=O)CN(C)C(=O)CN(C)C(=O)CCCC(=O)OC(C)(C)C.CNC(=O)OCC1c2ccccc2-c2ccccc21. The number of carbonyl (C=O) groups excluding carboxylic acids is 13. The summed E-state index contributed by atoms with van der Waals surface area (Å²) in [6, 6.07) is 26.0. The highest BCUT2D eigenvalue weighted by Gasteiger charge is 2.29. The highest BCUT2D eigenvalue weighted by Crippen LogP contribution is 2.44. The van der Waals surface area contributed by atoms with E-state index >= 15 is 0 Å². The molecule has 0 aromatic heterocycles. The van der Waals surface area contributed by atoms with Crippen molar-refractivity contribution in [3.8, 4) is 11.1 Å². The molecule has 1 aliphatic carbocycles. The Morgan fingerprint density at radius 3 is 1.26 bits per heavy atom. The average molecular weight is 1270 g/mol. The van der Waals surface area contributed by atoms with Gasteiger partial charge >= 0.3 is 18.0 Å². The zero-order chi connectivity index (χ0) is 69.1. The maximum Gasteiger partial charge on any atom is 0.406 e. The Bertz CT molecular complexity index is 2860. The summed E-state index contributed by atoms with van der Waals surface area (Å²) in [5.74, 6) is -3.28. The number of alkyl carbamates (subject to hydrolysis) is 1. The van der Waals surface area contributed by atoms with Gasteiger partial charge in [-0.1, -0.05) is 78.9 Å². The van der Waals surface area contributed by atoms with Crippen molar-refractivity contribution in [3.63, 3.8) is 0 Å². The Morgan fingerprint density at radius 1 is 0.473 bits per heavy atom. The number of likely N-dealkylation sites (N-methyl/N-ethyl adjacent to an activating group) is 10. The highest BCUT2D eigenvalue weighted by atomic mass is 16.6. The first kappa shape index (κ1) is 79.7. The summed E-state index contributed by atoms with van der Waals surface area (Å²) in [6.07, 6.45) is 1.38. The van der Waals surface area contributed by atoms with Gasteiger partial charge in [0.25, 0.3) is 0 Å². The minimum atomic E-state index is -0.563. The zero-order valence-corrected chi connectivity index (χ0v) is 55.8. The molecule has 1 N–H and O–H groups in total. The van der Waals surface area contributed by atoms with Crippen LogP contribution < -0.4 is 5.32 Å². The molecule has 0 bridgehead atoms. The fourth-order valence-electron chi connectivity index (χ4n) is 7.91. The quantitative estimate of drug-likeness (QED) is 0.0617. The molecule has 1 aliphatic rings. The zero-order valence-electron chi connectivity index (χ0n) is 55.8. The van der Waals surface area contributed by atoms with E-state index in [0.717, 1.165) is 5.56 Å². The summed E-state index contributed by atoms with van der Waals surface area (Å²) in [5, 5.41) is 2.48. The van der Waals surface area contributed by atoms with E-state index in [2.05, 4.69) is 29.6 Å². The fraction of sp³-hybridized carbons (Fsp3) is 0.516. The topological polar surface area (TPSA) is 294 Å². The van der Waals surface area contributed by atoms with Crippen molar-refractivity contribution in [3.05, 3.63) is 95.6 Å². The number of hydrogen-bond acceptors (Lipinski definition) is 17. The van der Waals surface area contributed by atoms with Crippen LogP contribution in [0.25, 0.3) is 11.1 Å². The molecule has 4 rings (SSSR count). The van der Waals surface area contributed by atoms with E-state index in [0.29, 0.717) is 32.3 Å². The molecule has 91 heavy (non-hydrogen) atoms. The van der Waals surface area contributed by atoms with E-state index in [-0.39, 0.29) is 132 Å². The van der Waals surface area contributed by atoms with Crippen molar-refractivity contribution < 1.29 is 76.5 Å². The van der Waals surface area contributed by atoms with Crippen LogP contribution in [0, 0.1) is 0 Å². The molecule has 0 radical (unpaired) electrons. The maximum absolute atomic E-state index is 12.4. The van der Waals surface area contributed by atoms with Crippen molar-refractivity contribution >= 4 is 78.0 Å². The van der Waals surface area contributed by atoms with Crippen LogP contribution in [-0.4, -0.2) is 289 Å². The molecule has 0 saturated heterocycles. The lowest BCUT2D eigenvalue weighted by Crippen LogP contribution is -2.48. The van der Waals surface area contributed by atoms with Crippen LogP contribution in [-0.2, 0) is 78.4 Å². The molecule has 27 heteroatoms. The molecule has 0 unspecified atom stereocenters. The number of aldehydes is 1. The summed E-state index contributed by atoms with van der Waals surface area (Å²) >= 11 is 0. The third-order valence-electron chi connectivity index (χ3n) is 13.5. The van der Waals surface area contributed by atoms with E-state index in [1.54, 1.807) is 53.9 Å². The van der Waals surface area contributed by atoms with Gasteiger partial charge in [0.1, 0.15) is 31.6 Å². The number of hydrogen-bond donors (Lipinski definition) is 1. The molecule has 3 aromatic carbocycles. The summed E-state index contributed by atoms with van der Waals surface area (Å²) < 4.78 is 15.4. The summed E-state index contributed by atoms with van der Waals surface area (Å²) in [5.41, 5.74) is 5.30.